The van der Waals surface area contributed by atoms with Crippen molar-refractivity contribution in [1.29, 1.82) is 0 Å². The first kappa shape index (κ1) is 25.0. The predicted octanol–water partition coefficient (Wildman–Crippen LogP) is 6.94. The summed E-state index contributed by atoms with van der Waals surface area (Å²) in [6.07, 6.45) is 6.07. The number of rotatable bonds is 7. The maximum absolute atomic E-state index is 5.87. The van der Waals surface area contributed by atoms with E-state index in [1.54, 1.807) is 13.3 Å². The van der Waals surface area contributed by atoms with Crippen LogP contribution in [0.15, 0.2) is 122 Å². The molecule has 202 valence electrons. The normalized spacial score (nSPS) is 13.5. The molecule has 3 aromatic carbocycles. The highest BCUT2D eigenvalue weighted by atomic mass is 16.5. The van der Waals surface area contributed by atoms with E-state index in [9.17, 15) is 0 Å². The number of aromatic nitrogens is 4. The molecule has 1 aliphatic rings. The highest BCUT2D eigenvalue weighted by molar-refractivity contribution is 5.97. The Bertz CT molecular complexity index is 1680. The first-order chi connectivity index (χ1) is 20.3. The Morgan fingerprint density at radius 2 is 1.24 bits per heavy atom. The second-order valence-corrected chi connectivity index (χ2v) is 10.4. The molecule has 0 radical (unpaired) electrons. The number of ether oxygens (including phenoxy) is 1. The highest BCUT2D eigenvalue weighted by Crippen LogP contribution is 2.45. The van der Waals surface area contributed by atoms with E-state index in [0.717, 1.165) is 57.8 Å². The quantitative estimate of drug-likeness (QED) is 0.207. The molecule has 0 amide bonds. The van der Waals surface area contributed by atoms with E-state index in [1.165, 1.54) is 12.8 Å². The standard InChI is InChI=1S/C35H31N5O/c1-41-34-32-30(20-22-37-34)40(38-33(32)26-19-21-36-31(25-26)39-23-11-12-24-39)35(27-13-5-2-6-14-27,28-15-7-3-8-16-28)29-17-9-4-10-18-29/h2-10,13-22,25H,11-12,23-24H2,1H3. The van der Waals surface area contributed by atoms with Crippen LogP contribution in [0.1, 0.15) is 29.5 Å². The third-order valence-electron chi connectivity index (χ3n) is 8.09. The summed E-state index contributed by atoms with van der Waals surface area (Å²) in [6, 6.07) is 38.1. The zero-order valence-electron chi connectivity index (χ0n) is 23.0. The summed E-state index contributed by atoms with van der Waals surface area (Å²) in [6.45, 7) is 2.05. The third kappa shape index (κ3) is 4.14. The molecule has 6 heteroatoms. The van der Waals surface area contributed by atoms with Crippen molar-refractivity contribution in [3.05, 3.63) is 138 Å². The van der Waals surface area contributed by atoms with Crippen LogP contribution >= 0.6 is 0 Å². The molecule has 4 heterocycles. The lowest BCUT2D eigenvalue weighted by Gasteiger charge is -2.37. The van der Waals surface area contributed by atoms with Crippen molar-refractivity contribution in [2.24, 2.45) is 0 Å². The molecule has 0 atom stereocenters. The molecular weight excluding hydrogens is 506 g/mol. The number of hydrogen-bond acceptors (Lipinski definition) is 5. The maximum Gasteiger partial charge on any atom is 0.224 e. The Kier molecular flexibility index (Phi) is 6.44. The van der Waals surface area contributed by atoms with Crippen molar-refractivity contribution in [2.45, 2.75) is 18.4 Å². The van der Waals surface area contributed by atoms with Crippen LogP contribution in [0.3, 0.4) is 0 Å². The Morgan fingerprint density at radius 1 is 0.683 bits per heavy atom. The van der Waals surface area contributed by atoms with Crippen LogP contribution in [-0.2, 0) is 5.54 Å². The molecule has 0 unspecified atom stereocenters. The van der Waals surface area contributed by atoms with Crippen molar-refractivity contribution in [1.82, 2.24) is 19.7 Å². The molecule has 6 aromatic rings. The number of benzene rings is 3. The largest absolute Gasteiger partial charge is 0.480 e. The van der Waals surface area contributed by atoms with E-state index in [0.29, 0.717) is 5.88 Å². The summed E-state index contributed by atoms with van der Waals surface area (Å²) in [7, 11) is 1.67. The van der Waals surface area contributed by atoms with Gasteiger partial charge in [0.05, 0.1) is 18.0 Å². The molecule has 6 nitrogen and oxygen atoms in total. The van der Waals surface area contributed by atoms with Crippen LogP contribution in [0.25, 0.3) is 22.2 Å². The predicted molar refractivity (Wildman–Crippen MR) is 163 cm³/mol. The van der Waals surface area contributed by atoms with Gasteiger partial charge in [0.15, 0.2) is 0 Å². The van der Waals surface area contributed by atoms with Crippen molar-refractivity contribution in [3.8, 4) is 17.1 Å². The molecule has 0 N–H and O–H groups in total. The summed E-state index contributed by atoms with van der Waals surface area (Å²) in [5.41, 5.74) is 5.30. The maximum atomic E-state index is 5.87. The lowest BCUT2D eigenvalue weighted by atomic mass is 9.77. The van der Waals surface area contributed by atoms with Crippen LogP contribution in [0.2, 0.25) is 0 Å². The number of pyridine rings is 2. The second kappa shape index (κ2) is 10.5. The molecular formula is C35H31N5O. The van der Waals surface area contributed by atoms with Gasteiger partial charge >= 0.3 is 0 Å². The molecule has 1 fully saturated rings. The van der Waals surface area contributed by atoms with Gasteiger partial charge in [-0.3, -0.25) is 0 Å². The fraction of sp³-hybridized carbons (Fsp3) is 0.171. The Labute approximate surface area is 239 Å². The van der Waals surface area contributed by atoms with E-state index in [1.807, 2.05) is 18.3 Å². The zero-order valence-corrected chi connectivity index (χ0v) is 23.0. The Morgan fingerprint density at radius 3 is 1.80 bits per heavy atom. The van der Waals surface area contributed by atoms with Gasteiger partial charge in [0.2, 0.25) is 5.88 Å². The molecule has 1 saturated heterocycles. The Hall–Kier alpha value is -4.97. The first-order valence-corrected chi connectivity index (χ1v) is 14.1. The molecule has 0 bridgehead atoms. The minimum atomic E-state index is -0.766. The number of nitrogens with zero attached hydrogens (tertiary/aromatic N) is 5. The van der Waals surface area contributed by atoms with Crippen molar-refractivity contribution >= 4 is 16.7 Å². The fourth-order valence-corrected chi connectivity index (χ4v) is 6.24. The van der Waals surface area contributed by atoms with Gasteiger partial charge < -0.3 is 9.64 Å². The number of hydrogen-bond donors (Lipinski definition) is 0. The third-order valence-corrected chi connectivity index (χ3v) is 8.09. The Balaban J connectivity index is 1.59. The monoisotopic (exact) mass is 537 g/mol. The van der Waals surface area contributed by atoms with E-state index in [-0.39, 0.29) is 0 Å². The summed E-state index contributed by atoms with van der Waals surface area (Å²) >= 11 is 0. The van der Waals surface area contributed by atoms with Crippen LogP contribution < -0.4 is 9.64 Å². The highest BCUT2D eigenvalue weighted by Gasteiger charge is 2.41. The number of anilines is 1. The molecule has 0 saturated carbocycles. The van der Waals surface area contributed by atoms with Gasteiger partial charge in [-0.05, 0) is 47.7 Å². The van der Waals surface area contributed by atoms with Crippen LogP contribution in [0.4, 0.5) is 5.82 Å². The van der Waals surface area contributed by atoms with Gasteiger partial charge in [0.25, 0.3) is 0 Å². The molecule has 0 aliphatic carbocycles. The molecule has 1 aliphatic heterocycles. The van der Waals surface area contributed by atoms with Gasteiger partial charge in [-0.15, -0.1) is 0 Å². The molecule has 0 spiro atoms. The van der Waals surface area contributed by atoms with Gasteiger partial charge in [0, 0.05) is 31.0 Å². The number of methoxy groups -OCH3 is 1. The summed E-state index contributed by atoms with van der Waals surface area (Å²) in [5, 5.41) is 6.36. The second-order valence-electron chi connectivity index (χ2n) is 10.4. The summed E-state index contributed by atoms with van der Waals surface area (Å²) in [4.78, 5) is 11.7. The molecule has 3 aromatic heterocycles. The van der Waals surface area contributed by atoms with Gasteiger partial charge in [-0.2, -0.15) is 5.10 Å². The number of fused-ring (bicyclic) bond motifs is 1. The average Bonchev–Trinajstić information content (AvgIpc) is 3.73. The summed E-state index contributed by atoms with van der Waals surface area (Å²) in [5.74, 6) is 1.53. The lowest BCUT2D eigenvalue weighted by molar-refractivity contribution is 0.403. The smallest absolute Gasteiger partial charge is 0.224 e. The molecule has 7 rings (SSSR count). The van der Waals surface area contributed by atoms with Crippen molar-refractivity contribution < 1.29 is 4.74 Å². The van der Waals surface area contributed by atoms with E-state index >= 15 is 0 Å². The van der Waals surface area contributed by atoms with Crippen LogP contribution in [0, 0.1) is 0 Å². The van der Waals surface area contributed by atoms with E-state index in [4.69, 9.17) is 14.8 Å². The van der Waals surface area contributed by atoms with E-state index in [2.05, 4.69) is 112 Å². The van der Waals surface area contributed by atoms with Gasteiger partial charge in [0.1, 0.15) is 17.1 Å². The first-order valence-electron chi connectivity index (χ1n) is 14.1. The topological polar surface area (TPSA) is 56.1 Å². The zero-order chi connectivity index (χ0) is 27.6. The van der Waals surface area contributed by atoms with Crippen molar-refractivity contribution in [2.75, 3.05) is 25.1 Å². The van der Waals surface area contributed by atoms with Gasteiger partial charge in [-0.25, -0.2) is 14.6 Å². The minimum absolute atomic E-state index is 0.548. The summed E-state index contributed by atoms with van der Waals surface area (Å²) < 4.78 is 8.04. The SMILES string of the molecule is COc1nccc2c1c(-c1ccnc(N3CCCC3)c1)nn2C(c1ccccc1)(c1ccccc1)c1ccccc1. The van der Waals surface area contributed by atoms with E-state index < -0.39 is 5.54 Å². The molecule has 41 heavy (non-hydrogen) atoms. The average molecular weight is 538 g/mol. The van der Waals surface area contributed by atoms with Crippen LogP contribution in [-0.4, -0.2) is 39.9 Å². The van der Waals surface area contributed by atoms with Crippen molar-refractivity contribution in [3.63, 3.8) is 0 Å². The fourth-order valence-electron chi connectivity index (χ4n) is 6.24. The minimum Gasteiger partial charge on any atom is -0.480 e. The lowest BCUT2D eigenvalue weighted by Crippen LogP contribution is -2.38. The van der Waals surface area contributed by atoms with Crippen LogP contribution in [0.5, 0.6) is 5.88 Å². The van der Waals surface area contributed by atoms with Gasteiger partial charge in [-0.1, -0.05) is 91.0 Å².